The Hall–Kier alpha value is -2.32. The number of anilines is 1. The van der Waals surface area contributed by atoms with Crippen LogP contribution < -0.4 is 5.32 Å². The van der Waals surface area contributed by atoms with Crippen LogP contribution in [0.1, 0.15) is 17.2 Å². The van der Waals surface area contributed by atoms with Crippen molar-refractivity contribution in [2.75, 3.05) is 11.1 Å². The summed E-state index contributed by atoms with van der Waals surface area (Å²) < 4.78 is 24.2. The highest BCUT2D eigenvalue weighted by molar-refractivity contribution is 7.91. The highest BCUT2D eigenvalue weighted by atomic mass is 32.2. The third-order valence-electron chi connectivity index (χ3n) is 3.35. The minimum absolute atomic E-state index is 0.0448. The van der Waals surface area contributed by atoms with Gasteiger partial charge < -0.3 is 5.32 Å². The zero-order valence-electron chi connectivity index (χ0n) is 10.6. The fraction of sp³-hybridized carbons (Fsp3) is 0.133. The van der Waals surface area contributed by atoms with Gasteiger partial charge in [-0.25, -0.2) is 8.42 Å². The molecular formula is C15H12N2O2S. The second kappa shape index (κ2) is 4.66. The highest BCUT2D eigenvalue weighted by Crippen LogP contribution is 2.35. The number of benzene rings is 2. The number of nitriles is 1. The Morgan fingerprint density at radius 2 is 1.95 bits per heavy atom. The molecule has 0 aliphatic carbocycles. The first kappa shape index (κ1) is 12.7. The lowest BCUT2D eigenvalue weighted by Crippen LogP contribution is -2.12. The van der Waals surface area contributed by atoms with Crippen molar-refractivity contribution in [3.63, 3.8) is 0 Å². The molecule has 0 saturated heterocycles. The van der Waals surface area contributed by atoms with E-state index in [1.165, 1.54) is 0 Å². The fourth-order valence-electron chi connectivity index (χ4n) is 2.45. The van der Waals surface area contributed by atoms with Gasteiger partial charge in [0.2, 0.25) is 0 Å². The third kappa shape index (κ3) is 2.15. The number of rotatable bonds is 2. The Morgan fingerprint density at radius 1 is 1.15 bits per heavy atom. The molecule has 3 rings (SSSR count). The van der Waals surface area contributed by atoms with E-state index in [2.05, 4.69) is 11.4 Å². The Kier molecular flexibility index (Phi) is 2.96. The predicted molar refractivity (Wildman–Crippen MR) is 76.0 cm³/mol. The molecule has 20 heavy (non-hydrogen) atoms. The van der Waals surface area contributed by atoms with Crippen molar-refractivity contribution in [2.24, 2.45) is 0 Å². The van der Waals surface area contributed by atoms with Gasteiger partial charge in [-0.1, -0.05) is 24.3 Å². The van der Waals surface area contributed by atoms with Crippen LogP contribution >= 0.6 is 0 Å². The summed E-state index contributed by atoms with van der Waals surface area (Å²) in [6.07, 6.45) is 0. The second-order valence-electron chi connectivity index (χ2n) is 4.71. The van der Waals surface area contributed by atoms with E-state index in [-0.39, 0.29) is 11.8 Å². The van der Waals surface area contributed by atoms with Gasteiger partial charge in [-0.15, -0.1) is 0 Å². The molecule has 5 heteroatoms. The molecule has 1 heterocycles. The molecule has 1 unspecified atom stereocenters. The van der Waals surface area contributed by atoms with Crippen molar-refractivity contribution >= 4 is 15.5 Å². The average molecular weight is 284 g/mol. The van der Waals surface area contributed by atoms with Crippen LogP contribution in [0.15, 0.2) is 53.4 Å². The maximum Gasteiger partial charge on any atom is 0.181 e. The zero-order chi connectivity index (χ0) is 14.2. The predicted octanol–water partition coefficient (Wildman–Crippen LogP) is 2.50. The summed E-state index contributed by atoms with van der Waals surface area (Å²) in [6, 6.07) is 15.9. The standard InChI is InChI=1S/C15H12N2O2S/c16-9-11-4-3-5-12(8-11)17-14-10-20(18,19)15-7-2-1-6-13(14)15/h1-8,14,17H,10H2. The van der Waals surface area contributed by atoms with Crippen LogP contribution in [0.4, 0.5) is 5.69 Å². The molecule has 0 radical (unpaired) electrons. The molecule has 2 aromatic rings. The molecular weight excluding hydrogens is 272 g/mol. The Labute approximate surface area is 117 Å². The molecule has 1 aliphatic rings. The van der Waals surface area contributed by atoms with Gasteiger partial charge in [0.15, 0.2) is 9.84 Å². The maximum atomic E-state index is 12.1. The first-order chi connectivity index (χ1) is 9.60. The van der Waals surface area contributed by atoms with Crippen LogP contribution in [0, 0.1) is 11.3 Å². The van der Waals surface area contributed by atoms with Crippen molar-refractivity contribution in [3.05, 3.63) is 59.7 Å². The number of fused-ring (bicyclic) bond motifs is 1. The van der Waals surface area contributed by atoms with Crippen molar-refractivity contribution in [1.82, 2.24) is 0 Å². The first-order valence-corrected chi connectivity index (χ1v) is 7.84. The number of sulfone groups is 1. The average Bonchev–Trinajstić information content (AvgIpc) is 2.71. The van der Waals surface area contributed by atoms with Crippen molar-refractivity contribution in [3.8, 4) is 6.07 Å². The third-order valence-corrected chi connectivity index (χ3v) is 5.16. The fourth-order valence-corrected chi connectivity index (χ4v) is 4.19. The van der Waals surface area contributed by atoms with Crippen LogP contribution in [0.2, 0.25) is 0 Å². The number of nitrogens with zero attached hydrogens (tertiary/aromatic N) is 1. The van der Waals surface area contributed by atoms with Crippen LogP contribution in [0.5, 0.6) is 0 Å². The van der Waals surface area contributed by atoms with Crippen LogP contribution in [0.3, 0.4) is 0 Å². The van der Waals surface area contributed by atoms with Crippen molar-refractivity contribution in [1.29, 1.82) is 5.26 Å². The lowest BCUT2D eigenvalue weighted by atomic mass is 10.1. The van der Waals surface area contributed by atoms with E-state index < -0.39 is 9.84 Å². The molecule has 4 nitrogen and oxygen atoms in total. The highest BCUT2D eigenvalue weighted by Gasteiger charge is 2.34. The topological polar surface area (TPSA) is 70.0 Å². The van der Waals surface area contributed by atoms with E-state index >= 15 is 0 Å². The molecule has 2 aromatic carbocycles. The summed E-state index contributed by atoms with van der Waals surface area (Å²) in [6.45, 7) is 0. The van der Waals surface area contributed by atoms with Crippen molar-refractivity contribution < 1.29 is 8.42 Å². The molecule has 0 spiro atoms. The number of nitrogens with one attached hydrogen (secondary N) is 1. The van der Waals surface area contributed by atoms with Gasteiger partial charge in [-0.3, -0.25) is 0 Å². The maximum absolute atomic E-state index is 12.1. The Bertz CT molecular complexity index is 807. The van der Waals surface area contributed by atoms with Crippen LogP contribution in [-0.4, -0.2) is 14.2 Å². The molecule has 100 valence electrons. The van der Waals surface area contributed by atoms with E-state index in [1.54, 1.807) is 30.3 Å². The van der Waals surface area contributed by atoms with Gasteiger partial charge in [0.05, 0.1) is 28.3 Å². The first-order valence-electron chi connectivity index (χ1n) is 6.18. The molecule has 1 atom stereocenters. The smallest absolute Gasteiger partial charge is 0.181 e. The van der Waals surface area contributed by atoms with Crippen molar-refractivity contribution in [2.45, 2.75) is 10.9 Å². The molecule has 0 aromatic heterocycles. The SMILES string of the molecule is N#Cc1cccc(NC2CS(=O)(=O)c3ccccc32)c1. The Morgan fingerprint density at radius 3 is 2.75 bits per heavy atom. The summed E-state index contributed by atoms with van der Waals surface area (Å²) in [5.41, 5.74) is 2.08. The summed E-state index contributed by atoms with van der Waals surface area (Å²) in [4.78, 5) is 0.397. The van der Waals surface area contributed by atoms with Crippen LogP contribution in [-0.2, 0) is 9.84 Å². The zero-order valence-corrected chi connectivity index (χ0v) is 11.4. The van der Waals surface area contributed by atoms with E-state index in [9.17, 15) is 8.42 Å². The van der Waals surface area contributed by atoms with Crippen LogP contribution in [0.25, 0.3) is 0 Å². The van der Waals surface area contributed by atoms with E-state index in [4.69, 9.17) is 5.26 Å². The normalized spacial score (nSPS) is 19.1. The molecule has 0 bridgehead atoms. The molecule has 1 aliphatic heterocycles. The van der Waals surface area contributed by atoms with Gasteiger partial charge in [0, 0.05) is 5.69 Å². The lowest BCUT2D eigenvalue weighted by Gasteiger charge is -2.14. The van der Waals surface area contributed by atoms with Gasteiger partial charge in [0.25, 0.3) is 0 Å². The van der Waals surface area contributed by atoms with Gasteiger partial charge in [-0.05, 0) is 29.8 Å². The molecule has 0 fully saturated rings. The summed E-state index contributed by atoms with van der Waals surface area (Å²) in [7, 11) is -3.22. The van der Waals surface area contributed by atoms with Gasteiger partial charge in [-0.2, -0.15) is 5.26 Å². The summed E-state index contributed by atoms with van der Waals surface area (Å²) >= 11 is 0. The van der Waals surface area contributed by atoms with E-state index in [0.29, 0.717) is 10.5 Å². The summed E-state index contributed by atoms with van der Waals surface area (Å²) in [5.74, 6) is 0.0448. The second-order valence-corrected chi connectivity index (χ2v) is 6.71. The summed E-state index contributed by atoms with van der Waals surface area (Å²) in [5, 5.41) is 12.1. The van der Waals surface area contributed by atoms with Gasteiger partial charge in [0.1, 0.15) is 0 Å². The molecule has 1 N–H and O–H groups in total. The van der Waals surface area contributed by atoms with E-state index in [1.807, 2.05) is 18.2 Å². The molecule has 0 amide bonds. The van der Waals surface area contributed by atoms with Gasteiger partial charge >= 0.3 is 0 Å². The minimum atomic E-state index is -3.22. The monoisotopic (exact) mass is 284 g/mol. The number of hydrogen-bond acceptors (Lipinski definition) is 4. The number of hydrogen-bond donors (Lipinski definition) is 1. The lowest BCUT2D eigenvalue weighted by molar-refractivity contribution is 0.598. The largest absolute Gasteiger partial charge is 0.377 e. The minimum Gasteiger partial charge on any atom is -0.377 e. The van der Waals surface area contributed by atoms with E-state index in [0.717, 1.165) is 11.3 Å². The quantitative estimate of drug-likeness (QED) is 0.919. The Balaban J connectivity index is 1.96. The molecule has 0 saturated carbocycles.